The highest BCUT2D eigenvalue weighted by atomic mass is 16.6. The van der Waals surface area contributed by atoms with Gasteiger partial charge in [0.1, 0.15) is 11.1 Å². The van der Waals surface area contributed by atoms with E-state index in [4.69, 9.17) is 4.74 Å². The predicted octanol–water partition coefficient (Wildman–Crippen LogP) is 2.66. The maximum absolute atomic E-state index is 13.1. The van der Waals surface area contributed by atoms with Gasteiger partial charge >= 0.3 is 6.09 Å². The van der Waals surface area contributed by atoms with Gasteiger partial charge in [-0.1, -0.05) is 6.08 Å². The molecule has 27 heavy (non-hydrogen) atoms. The number of allylic oxidation sites excluding steroid dienone is 1. The van der Waals surface area contributed by atoms with Crippen molar-refractivity contribution in [3.05, 3.63) is 12.7 Å². The molecule has 3 N–H and O–H groups in total. The zero-order valence-corrected chi connectivity index (χ0v) is 17.7. The van der Waals surface area contributed by atoms with Crippen molar-refractivity contribution in [1.82, 2.24) is 16.0 Å². The van der Waals surface area contributed by atoms with E-state index in [0.717, 1.165) is 0 Å². The first-order valence-electron chi connectivity index (χ1n) is 9.39. The van der Waals surface area contributed by atoms with Crippen LogP contribution in [-0.2, 0) is 14.3 Å². The molecule has 3 atom stereocenters. The standard InChI is InChI=1S/C20H35N3O4/c1-9-14-10-15(21-17(26)27-19(6,7)8)12-20(11-14,22-13(2)24)16(25)23-18(3,4)5/h9,14-15H,1,10-12H2,2-8H3,(H,21,26)(H,22,24)(H,23,25). The minimum atomic E-state index is -1.12. The molecule has 1 saturated carbocycles. The molecule has 3 unspecified atom stereocenters. The first-order valence-corrected chi connectivity index (χ1v) is 9.39. The van der Waals surface area contributed by atoms with E-state index in [1.54, 1.807) is 26.8 Å². The zero-order chi connectivity index (χ0) is 21.0. The molecule has 0 heterocycles. The Bertz CT molecular complexity index is 589. The average molecular weight is 382 g/mol. The van der Waals surface area contributed by atoms with Gasteiger partial charge in [-0.2, -0.15) is 0 Å². The van der Waals surface area contributed by atoms with E-state index in [-0.39, 0.29) is 30.2 Å². The molecule has 154 valence electrons. The topological polar surface area (TPSA) is 96.5 Å². The van der Waals surface area contributed by atoms with Gasteiger partial charge in [0.25, 0.3) is 0 Å². The summed E-state index contributed by atoms with van der Waals surface area (Å²) < 4.78 is 5.34. The third-order valence-electron chi connectivity index (χ3n) is 4.19. The van der Waals surface area contributed by atoms with Gasteiger partial charge in [0.2, 0.25) is 11.8 Å². The Morgan fingerprint density at radius 3 is 2.15 bits per heavy atom. The van der Waals surface area contributed by atoms with Crippen LogP contribution in [0.2, 0.25) is 0 Å². The van der Waals surface area contributed by atoms with Crippen molar-refractivity contribution in [2.24, 2.45) is 5.92 Å². The van der Waals surface area contributed by atoms with Crippen molar-refractivity contribution >= 4 is 17.9 Å². The molecule has 3 amide bonds. The summed E-state index contributed by atoms with van der Waals surface area (Å²) in [5.74, 6) is -0.580. The lowest BCUT2D eigenvalue weighted by molar-refractivity contribution is -0.136. The van der Waals surface area contributed by atoms with E-state index in [2.05, 4.69) is 22.5 Å². The lowest BCUT2D eigenvalue weighted by Gasteiger charge is -2.44. The molecule has 0 saturated heterocycles. The van der Waals surface area contributed by atoms with Crippen LogP contribution in [0.3, 0.4) is 0 Å². The van der Waals surface area contributed by atoms with E-state index < -0.39 is 22.8 Å². The smallest absolute Gasteiger partial charge is 0.407 e. The van der Waals surface area contributed by atoms with Gasteiger partial charge in [0.05, 0.1) is 0 Å². The number of nitrogens with one attached hydrogen (secondary N) is 3. The number of carbonyl (C=O) groups excluding carboxylic acids is 3. The summed E-state index contributed by atoms with van der Waals surface area (Å²) in [5, 5.41) is 8.65. The van der Waals surface area contributed by atoms with Gasteiger partial charge in [0.15, 0.2) is 0 Å². The molecule has 0 aromatic carbocycles. The summed E-state index contributed by atoms with van der Waals surface area (Å²) in [4.78, 5) is 37.2. The van der Waals surface area contributed by atoms with Gasteiger partial charge in [-0.3, -0.25) is 9.59 Å². The van der Waals surface area contributed by atoms with Crippen LogP contribution in [0.15, 0.2) is 12.7 Å². The van der Waals surface area contributed by atoms with Crippen LogP contribution in [0.4, 0.5) is 4.79 Å². The van der Waals surface area contributed by atoms with Crippen LogP contribution < -0.4 is 16.0 Å². The van der Waals surface area contributed by atoms with E-state index >= 15 is 0 Å². The molecule has 0 radical (unpaired) electrons. The van der Waals surface area contributed by atoms with E-state index in [1.165, 1.54) is 6.92 Å². The van der Waals surface area contributed by atoms with Crippen LogP contribution in [0, 0.1) is 5.92 Å². The van der Waals surface area contributed by atoms with Gasteiger partial charge in [-0.15, -0.1) is 6.58 Å². The molecule has 1 fully saturated rings. The Morgan fingerprint density at radius 2 is 1.70 bits per heavy atom. The van der Waals surface area contributed by atoms with Gasteiger partial charge in [-0.25, -0.2) is 4.79 Å². The molecule has 0 spiro atoms. The Labute approximate surface area is 162 Å². The Hall–Kier alpha value is -2.05. The second-order valence-electron chi connectivity index (χ2n) is 9.45. The number of alkyl carbamates (subject to hydrolysis) is 1. The Kier molecular flexibility index (Phi) is 7.08. The fraction of sp³-hybridized carbons (Fsp3) is 0.750. The number of rotatable bonds is 4. The second kappa shape index (κ2) is 8.31. The number of amides is 3. The molecular weight excluding hydrogens is 346 g/mol. The number of hydrogen-bond acceptors (Lipinski definition) is 4. The molecule has 0 bridgehead atoms. The molecule has 0 aromatic rings. The van der Waals surface area contributed by atoms with Crippen LogP contribution in [0.25, 0.3) is 0 Å². The largest absolute Gasteiger partial charge is 0.444 e. The zero-order valence-electron chi connectivity index (χ0n) is 17.7. The lowest BCUT2D eigenvalue weighted by Crippen LogP contribution is -2.66. The lowest BCUT2D eigenvalue weighted by atomic mass is 9.72. The Balaban J connectivity index is 3.09. The quantitative estimate of drug-likeness (QED) is 0.652. The molecule has 7 heteroatoms. The van der Waals surface area contributed by atoms with Gasteiger partial charge < -0.3 is 20.7 Å². The highest BCUT2D eigenvalue weighted by molar-refractivity contribution is 5.91. The van der Waals surface area contributed by atoms with Crippen molar-refractivity contribution in [3.63, 3.8) is 0 Å². The van der Waals surface area contributed by atoms with Crippen molar-refractivity contribution in [1.29, 1.82) is 0 Å². The highest BCUT2D eigenvalue weighted by Crippen LogP contribution is 2.34. The minimum absolute atomic E-state index is 0.0312. The third-order valence-corrected chi connectivity index (χ3v) is 4.19. The highest BCUT2D eigenvalue weighted by Gasteiger charge is 2.47. The third kappa shape index (κ3) is 7.61. The summed E-state index contributed by atoms with van der Waals surface area (Å²) >= 11 is 0. The molecule has 1 aliphatic carbocycles. The number of hydrogen-bond donors (Lipinski definition) is 3. The summed E-state index contributed by atoms with van der Waals surface area (Å²) in [6, 6.07) is -0.325. The monoisotopic (exact) mass is 381 g/mol. The first kappa shape index (κ1) is 23.0. The van der Waals surface area contributed by atoms with Crippen molar-refractivity contribution < 1.29 is 19.1 Å². The van der Waals surface area contributed by atoms with Gasteiger partial charge in [-0.05, 0) is 66.7 Å². The maximum atomic E-state index is 13.1. The summed E-state index contributed by atoms with van der Waals surface area (Å²) in [5.41, 5.74) is -2.18. The van der Waals surface area contributed by atoms with E-state index in [9.17, 15) is 14.4 Å². The summed E-state index contributed by atoms with van der Waals surface area (Å²) in [6.45, 7) is 16.3. The summed E-state index contributed by atoms with van der Waals surface area (Å²) in [7, 11) is 0. The molecule has 7 nitrogen and oxygen atoms in total. The van der Waals surface area contributed by atoms with Crippen LogP contribution in [0.5, 0.6) is 0 Å². The van der Waals surface area contributed by atoms with Crippen molar-refractivity contribution in [2.45, 2.75) is 90.4 Å². The van der Waals surface area contributed by atoms with Crippen molar-refractivity contribution in [2.75, 3.05) is 0 Å². The Morgan fingerprint density at radius 1 is 1.11 bits per heavy atom. The average Bonchev–Trinajstić information content (AvgIpc) is 2.41. The van der Waals surface area contributed by atoms with Crippen LogP contribution in [-0.4, -0.2) is 40.6 Å². The second-order valence-corrected chi connectivity index (χ2v) is 9.45. The van der Waals surface area contributed by atoms with Gasteiger partial charge in [0, 0.05) is 18.5 Å². The SMILES string of the molecule is C=CC1CC(NC(=O)OC(C)(C)C)CC(NC(C)=O)(C(=O)NC(C)(C)C)C1. The van der Waals surface area contributed by atoms with Crippen molar-refractivity contribution in [3.8, 4) is 0 Å². The maximum Gasteiger partial charge on any atom is 0.407 e. The molecule has 0 aliphatic heterocycles. The van der Waals surface area contributed by atoms with E-state index in [1.807, 2.05) is 20.8 Å². The predicted molar refractivity (Wildman–Crippen MR) is 105 cm³/mol. The minimum Gasteiger partial charge on any atom is -0.444 e. The van der Waals surface area contributed by atoms with Crippen LogP contribution >= 0.6 is 0 Å². The molecule has 0 aromatic heterocycles. The molecule has 1 aliphatic rings. The fourth-order valence-electron chi connectivity index (χ4n) is 3.39. The normalized spacial score (nSPS) is 25.9. The van der Waals surface area contributed by atoms with Crippen LogP contribution in [0.1, 0.15) is 67.7 Å². The number of ether oxygens (including phenoxy) is 1. The molecular formula is C20H35N3O4. The fourth-order valence-corrected chi connectivity index (χ4v) is 3.39. The summed E-state index contributed by atoms with van der Waals surface area (Å²) in [6.07, 6.45) is 2.59. The molecule has 1 rings (SSSR count). The first-order chi connectivity index (χ1) is 12.2. The van der Waals surface area contributed by atoms with E-state index in [0.29, 0.717) is 12.8 Å². The number of carbonyl (C=O) groups is 3.